The zero-order valence-electron chi connectivity index (χ0n) is 7.45. The summed E-state index contributed by atoms with van der Waals surface area (Å²) in [5, 5.41) is 0. The molecule has 0 aliphatic heterocycles. The summed E-state index contributed by atoms with van der Waals surface area (Å²) >= 11 is 0. The van der Waals surface area contributed by atoms with Crippen LogP contribution in [0.5, 0.6) is 0 Å². The van der Waals surface area contributed by atoms with E-state index in [0.29, 0.717) is 0 Å². The molecule has 14 heavy (non-hydrogen) atoms. The van der Waals surface area contributed by atoms with Gasteiger partial charge < -0.3 is 15.0 Å². The van der Waals surface area contributed by atoms with Crippen LogP contribution in [0.3, 0.4) is 0 Å². The van der Waals surface area contributed by atoms with Gasteiger partial charge in [-0.25, -0.2) is 4.98 Å². The van der Waals surface area contributed by atoms with Crippen molar-refractivity contribution in [3.63, 3.8) is 0 Å². The van der Waals surface area contributed by atoms with E-state index in [0.717, 1.165) is 17.1 Å². The topological polar surface area (TPSA) is 53.1 Å². The smallest absolute Gasteiger partial charge is 0.384 e. The van der Waals surface area contributed by atoms with Crippen molar-refractivity contribution in [2.75, 3.05) is 19.5 Å². The van der Waals surface area contributed by atoms with Crippen molar-refractivity contribution < 1.29 is 17.9 Å². The number of imidazole rings is 1. The molecule has 1 aromatic rings. The lowest BCUT2D eigenvalue weighted by atomic mass is 10.3. The Morgan fingerprint density at radius 2 is 2.29 bits per heavy atom. The number of nitrogens with two attached hydrogens (primary N) is 1. The molecule has 1 heterocycles. The van der Waals surface area contributed by atoms with Gasteiger partial charge in [0.05, 0.1) is 19.1 Å². The fourth-order valence-electron chi connectivity index (χ4n) is 1.07. The number of rotatable bonds is 3. The van der Waals surface area contributed by atoms with Crippen LogP contribution in [0.15, 0.2) is 12.5 Å². The number of ether oxygens (including phenoxy) is 1. The number of nitrogens with zero attached hydrogens (tertiary/aromatic N) is 2. The van der Waals surface area contributed by atoms with Crippen molar-refractivity contribution in [3.8, 4) is 0 Å². The molecule has 1 aromatic heterocycles. The Balaban J connectivity index is 2.95. The molecule has 2 N–H and O–H groups in total. The van der Waals surface area contributed by atoms with E-state index >= 15 is 0 Å². The number of hydrogen-bond donors (Lipinski definition) is 1. The van der Waals surface area contributed by atoms with Gasteiger partial charge in [-0.15, -0.1) is 0 Å². The number of halogens is 3. The fourth-order valence-corrected chi connectivity index (χ4v) is 1.07. The first-order valence-corrected chi connectivity index (χ1v) is 3.79. The highest BCUT2D eigenvalue weighted by Crippen LogP contribution is 2.31. The van der Waals surface area contributed by atoms with E-state index in [1.807, 2.05) is 0 Å². The molecular weight excluding hydrogens is 199 g/mol. The molecule has 80 valence electrons. The molecule has 0 aliphatic rings. The molecule has 1 atom stereocenters. The van der Waals surface area contributed by atoms with Crippen molar-refractivity contribution in [3.05, 3.63) is 12.5 Å². The number of aromatic nitrogens is 2. The molecular formula is C7H10F3N3O. The van der Waals surface area contributed by atoms with Crippen molar-refractivity contribution in [1.82, 2.24) is 9.55 Å². The maximum absolute atomic E-state index is 12.5. The Morgan fingerprint density at radius 3 is 2.64 bits per heavy atom. The molecule has 0 saturated heterocycles. The molecule has 0 fully saturated rings. The van der Waals surface area contributed by atoms with Crippen LogP contribution in [0.25, 0.3) is 0 Å². The monoisotopic (exact) mass is 209 g/mol. The number of hydrogen-bond acceptors (Lipinski definition) is 3. The third-order valence-electron chi connectivity index (χ3n) is 1.73. The van der Waals surface area contributed by atoms with Crippen LogP contribution in [-0.2, 0) is 4.74 Å². The lowest BCUT2D eigenvalue weighted by Crippen LogP contribution is -2.30. The number of alkyl halides is 3. The van der Waals surface area contributed by atoms with Gasteiger partial charge >= 0.3 is 6.18 Å². The maximum Gasteiger partial charge on any atom is 0.411 e. The van der Waals surface area contributed by atoms with Gasteiger partial charge in [0.15, 0.2) is 6.04 Å². The minimum Gasteiger partial charge on any atom is -0.384 e. The van der Waals surface area contributed by atoms with E-state index in [-0.39, 0.29) is 5.82 Å². The van der Waals surface area contributed by atoms with E-state index in [1.165, 1.54) is 7.11 Å². The largest absolute Gasteiger partial charge is 0.411 e. The van der Waals surface area contributed by atoms with Gasteiger partial charge in [-0.2, -0.15) is 13.2 Å². The number of methoxy groups -OCH3 is 1. The van der Waals surface area contributed by atoms with Gasteiger partial charge in [-0.3, -0.25) is 0 Å². The van der Waals surface area contributed by atoms with E-state index in [2.05, 4.69) is 9.72 Å². The van der Waals surface area contributed by atoms with Gasteiger partial charge in [0.1, 0.15) is 5.82 Å². The Hall–Kier alpha value is -1.24. The lowest BCUT2D eigenvalue weighted by molar-refractivity contribution is -0.178. The van der Waals surface area contributed by atoms with Gasteiger partial charge in [0, 0.05) is 7.11 Å². The zero-order chi connectivity index (χ0) is 10.8. The van der Waals surface area contributed by atoms with Crippen LogP contribution in [0.1, 0.15) is 6.04 Å². The summed E-state index contributed by atoms with van der Waals surface area (Å²) in [6.45, 7) is -0.482. The third-order valence-corrected chi connectivity index (χ3v) is 1.73. The summed E-state index contributed by atoms with van der Waals surface area (Å²) in [5.41, 5.74) is 5.31. The molecule has 0 amide bonds. The first kappa shape index (κ1) is 10.8. The van der Waals surface area contributed by atoms with Crippen LogP contribution >= 0.6 is 0 Å². The van der Waals surface area contributed by atoms with Gasteiger partial charge in [-0.1, -0.05) is 0 Å². The van der Waals surface area contributed by atoms with Crippen LogP contribution in [0, 0.1) is 0 Å². The summed E-state index contributed by atoms with van der Waals surface area (Å²) in [6.07, 6.45) is -2.20. The summed E-state index contributed by atoms with van der Waals surface area (Å²) in [7, 11) is 1.20. The minimum atomic E-state index is -4.40. The van der Waals surface area contributed by atoms with Crippen LogP contribution < -0.4 is 5.73 Å². The highest BCUT2D eigenvalue weighted by molar-refractivity contribution is 5.26. The Kier molecular flexibility index (Phi) is 3.00. The predicted molar refractivity (Wildman–Crippen MR) is 43.6 cm³/mol. The van der Waals surface area contributed by atoms with E-state index < -0.39 is 18.8 Å². The molecule has 4 nitrogen and oxygen atoms in total. The van der Waals surface area contributed by atoms with Crippen LogP contribution in [-0.4, -0.2) is 29.4 Å². The highest BCUT2D eigenvalue weighted by atomic mass is 19.4. The predicted octanol–water partition coefficient (Wildman–Crippen LogP) is 1.22. The summed E-state index contributed by atoms with van der Waals surface area (Å²) < 4.78 is 42.7. The van der Waals surface area contributed by atoms with E-state index in [9.17, 15) is 13.2 Å². The molecule has 0 bridgehead atoms. The first-order valence-electron chi connectivity index (χ1n) is 3.79. The Labute approximate surface area is 78.5 Å². The van der Waals surface area contributed by atoms with Crippen molar-refractivity contribution >= 4 is 5.82 Å². The molecule has 7 heteroatoms. The summed E-state index contributed by atoms with van der Waals surface area (Å²) in [4.78, 5) is 3.52. The standard InChI is InChI=1S/C7H10F3N3O/c1-14-3-5(7(8,9)10)13-4-12-2-6(13)11/h2,4-5H,3,11H2,1H3. The molecule has 0 spiro atoms. The normalized spacial score (nSPS) is 14.3. The zero-order valence-corrected chi connectivity index (χ0v) is 7.45. The molecule has 1 unspecified atom stereocenters. The third kappa shape index (κ3) is 2.16. The number of anilines is 1. The minimum absolute atomic E-state index is 0.0376. The van der Waals surface area contributed by atoms with Crippen molar-refractivity contribution in [2.45, 2.75) is 12.2 Å². The van der Waals surface area contributed by atoms with Gasteiger partial charge in [-0.05, 0) is 0 Å². The second kappa shape index (κ2) is 3.87. The summed E-state index contributed by atoms with van der Waals surface area (Å²) in [5.74, 6) is -0.0376. The molecule has 0 aliphatic carbocycles. The Morgan fingerprint density at radius 1 is 1.64 bits per heavy atom. The fraction of sp³-hybridized carbons (Fsp3) is 0.571. The van der Waals surface area contributed by atoms with Crippen molar-refractivity contribution in [2.24, 2.45) is 0 Å². The van der Waals surface area contributed by atoms with Crippen LogP contribution in [0.4, 0.5) is 19.0 Å². The molecule has 0 aromatic carbocycles. The maximum atomic E-state index is 12.5. The number of nitrogen functional groups attached to an aromatic ring is 1. The second-order valence-corrected chi connectivity index (χ2v) is 2.74. The second-order valence-electron chi connectivity index (χ2n) is 2.74. The first-order chi connectivity index (χ1) is 6.46. The highest BCUT2D eigenvalue weighted by Gasteiger charge is 2.41. The van der Waals surface area contributed by atoms with Crippen molar-refractivity contribution in [1.29, 1.82) is 0 Å². The van der Waals surface area contributed by atoms with E-state index in [1.54, 1.807) is 0 Å². The average molecular weight is 209 g/mol. The van der Waals surface area contributed by atoms with Crippen LogP contribution in [0.2, 0.25) is 0 Å². The van der Waals surface area contributed by atoms with Gasteiger partial charge in [0.25, 0.3) is 0 Å². The quantitative estimate of drug-likeness (QED) is 0.814. The molecule has 1 rings (SSSR count). The Bertz CT molecular complexity index is 297. The average Bonchev–Trinajstić information content (AvgIpc) is 2.45. The summed E-state index contributed by atoms with van der Waals surface area (Å²) in [6, 6.07) is -1.78. The lowest BCUT2D eigenvalue weighted by Gasteiger charge is -2.21. The van der Waals surface area contributed by atoms with E-state index in [4.69, 9.17) is 5.73 Å². The molecule has 0 radical (unpaired) electrons. The SMILES string of the molecule is COCC(n1cncc1N)C(F)(F)F. The molecule has 0 saturated carbocycles. The van der Waals surface area contributed by atoms with Gasteiger partial charge in [0.2, 0.25) is 0 Å².